The van der Waals surface area contributed by atoms with Crippen LogP contribution in [0.15, 0.2) is 85.3 Å². The number of ether oxygens (including phenoxy) is 1. The van der Waals surface area contributed by atoms with Crippen molar-refractivity contribution in [3.05, 3.63) is 90.9 Å². The van der Waals surface area contributed by atoms with Gasteiger partial charge in [-0.3, -0.25) is 9.78 Å². The molecule has 3 heterocycles. The van der Waals surface area contributed by atoms with Crippen LogP contribution in [0.1, 0.15) is 5.56 Å². The number of pyridine rings is 1. The molecule has 0 radical (unpaired) electrons. The molecule has 42 heavy (non-hydrogen) atoms. The second-order valence-electron chi connectivity index (χ2n) is 9.51. The molecule has 11 nitrogen and oxygen atoms in total. The summed E-state index contributed by atoms with van der Waals surface area (Å²) in [6.45, 7) is 3.62. The Morgan fingerprint density at radius 1 is 0.905 bits per heavy atom. The average Bonchev–Trinajstić information content (AvgIpc) is 3.42. The van der Waals surface area contributed by atoms with Gasteiger partial charge in [0.15, 0.2) is 6.61 Å². The summed E-state index contributed by atoms with van der Waals surface area (Å²) in [6, 6.07) is 18.4. The van der Waals surface area contributed by atoms with E-state index >= 15 is 0 Å². The molecular formula is C31H33N5O6. The van der Waals surface area contributed by atoms with Crippen molar-refractivity contribution in [1.29, 1.82) is 0 Å². The number of H-pyrrole nitrogens is 1. The first-order chi connectivity index (χ1) is 20.3. The van der Waals surface area contributed by atoms with E-state index in [1.54, 1.807) is 12.4 Å². The summed E-state index contributed by atoms with van der Waals surface area (Å²) in [7, 11) is 0. The van der Waals surface area contributed by atoms with Crippen molar-refractivity contribution in [2.75, 3.05) is 44.2 Å². The van der Waals surface area contributed by atoms with E-state index in [9.17, 15) is 14.4 Å². The lowest BCUT2D eigenvalue weighted by Gasteiger charge is -2.36. The van der Waals surface area contributed by atoms with Crippen LogP contribution >= 0.6 is 0 Å². The minimum Gasteiger partial charge on any atom is -0.484 e. The molecule has 0 atom stereocenters. The van der Waals surface area contributed by atoms with E-state index < -0.39 is 11.9 Å². The quantitative estimate of drug-likeness (QED) is 0.221. The summed E-state index contributed by atoms with van der Waals surface area (Å²) in [5.41, 5.74) is 11.4. The number of carbonyl (C=O) groups is 3. The lowest BCUT2D eigenvalue weighted by molar-refractivity contribution is -0.134. The van der Waals surface area contributed by atoms with Crippen molar-refractivity contribution < 1.29 is 29.3 Å². The maximum atomic E-state index is 12.8. The number of aromatic amines is 1. The Morgan fingerprint density at radius 3 is 2.17 bits per heavy atom. The van der Waals surface area contributed by atoms with Gasteiger partial charge in [0.1, 0.15) is 5.75 Å². The number of carbonyl (C=O) groups excluding carboxylic acids is 1. The number of carboxylic acid groups (broad SMARTS) is 2. The summed E-state index contributed by atoms with van der Waals surface area (Å²) < 4.78 is 5.84. The van der Waals surface area contributed by atoms with Gasteiger partial charge in [0.25, 0.3) is 5.91 Å². The number of hydrogen-bond acceptors (Lipinski definition) is 7. The van der Waals surface area contributed by atoms with E-state index in [0.717, 1.165) is 36.0 Å². The molecule has 5 N–H and O–H groups in total. The molecule has 0 bridgehead atoms. The highest BCUT2D eigenvalue weighted by Crippen LogP contribution is 2.25. The van der Waals surface area contributed by atoms with E-state index in [4.69, 9.17) is 20.7 Å². The fourth-order valence-corrected chi connectivity index (χ4v) is 4.61. The Balaban J connectivity index is 0.000000446. The third-order valence-corrected chi connectivity index (χ3v) is 6.76. The molecule has 218 valence electrons. The molecule has 0 aliphatic carbocycles. The minimum atomic E-state index is -1.26. The number of carboxylic acids is 2. The Hall–Kier alpha value is -5.16. The highest BCUT2D eigenvalue weighted by molar-refractivity contribution is 5.89. The van der Waals surface area contributed by atoms with Gasteiger partial charge in [-0.1, -0.05) is 12.1 Å². The van der Waals surface area contributed by atoms with Crippen molar-refractivity contribution >= 4 is 34.4 Å². The van der Waals surface area contributed by atoms with E-state index in [2.05, 4.69) is 39.1 Å². The van der Waals surface area contributed by atoms with Crippen LogP contribution in [0.5, 0.6) is 5.75 Å². The number of amides is 1. The Bertz CT molecular complexity index is 1510. The fraction of sp³-hybridized carbons (Fsp3) is 0.226. The summed E-state index contributed by atoms with van der Waals surface area (Å²) in [6.07, 6.45) is 7.52. The monoisotopic (exact) mass is 571 g/mol. The second kappa shape index (κ2) is 14.5. The van der Waals surface area contributed by atoms with Crippen LogP contribution in [-0.2, 0) is 20.8 Å². The van der Waals surface area contributed by atoms with Crippen molar-refractivity contribution in [2.45, 2.75) is 6.42 Å². The third kappa shape index (κ3) is 8.18. The van der Waals surface area contributed by atoms with Crippen LogP contribution in [0.4, 0.5) is 5.69 Å². The number of anilines is 1. The first kappa shape index (κ1) is 29.8. The molecule has 0 spiro atoms. The molecule has 1 aliphatic heterocycles. The number of nitrogens with zero attached hydrogens (tertiary/aromatic N) is 3. The number of aromatic nitrogens is 2. The number of rotatable bonds is 9. The van der Waals surface area contributed by atoms with Gasteiger partial charge in [-0.2, -0.15) is 0 Å². The van der Waals surface area contributed by atoms with Gasteiger partial charge < -0.3 is 35.5 Å². The molecule has 2 aromatic carbocycles. The Morgan fingerprint density at radius 2 is 1.55 bits per heavy atom. The molecule has 2 aromatic heterocycles. The van der Waals surface area contributed by atoms with Gasteiger partial charge in [0.2, 0.25) is 0 Å². The summed E-state index contributed by atoms with van der Waals surface area (Å²) >= 11 is 0. The zero-order valence-corrected chi connectivity index (χ0v) is 23.0. The molecule has 5 rings (SSSR count). The van der Waals surface area contributed by atoms with Crippen molar-refractivity contribution in [1.82, 2.24) is 14.9 Å². The van der Waals surface area contributed by atoms with Gasteiger partial charge in [-0.05, 0) is 72.1 Å². The number of piperazine rings is 1. The fourth-order valence-electron chi connectivity index (χ4n) is 4.61. The van der Waals surface area contributed by atoms with Crippen molar-refractivity contribution in [3.63, 3.8) is 0 Å². The lowest BCUT2D eigenvalue weighted by Crippen LogP contribution is -2.50. The summed E-state index contributed by atoms with van der Waals surface area (Å²) in [5, 5.41) is 16.7. The molecule has 1 fully saturated rings. The molecule has 0 saturated carbocycles. The van der Waals surface area contributed by atoms with Crippen LogP contribution < -0.4 is 15.4 Å². The second-order valence-corrected chi connectivity index (χ2v) is 9.51. The Labute approximate surface area is 242 Å². The van der Waals surface area contributed by atoms with Crippen LogP contribution in [0.25, 0.3) is 22.0 Å². The predicted molar refractivity (Wildman–Crippen MR) is 159 cm³/mol. The van der Waals surface area contributed by atoms with Crippen LogP contribution in [0.3, 0.4) is 0 Å². The van der Waals surface area contributed by atoms with E-state index in [-0.39, 0.29) is 12.5 Å². The molecule has 1 aliphatic rings. The highest BCUT2D eigenvalue weighted by Gasteiger charge is 2.22. The number of hydrogen-bond donors (Lipinski definition) is 4. The number of nitrogens with two attached hydrogens (primary N) is 1. The standard InChI is InChI=1S/C27H29N5O2.C4H4O4/c28-10-7-22-18-30-26-6-5-24(17-25(22)26)34-19-27(33)32-15-13-31(14-16-32)23-3-1-20(2-4-23)21-8-11-29-12-9-21;5-3(6)1-2-4(7)8/h1-6,8-9,11-12,17-18,30H,7,10,13-16,19,28H2;1-2H,(H,5,6)(H,7,8)/b;2-1+. The van der Waals surface area contributed by atoms with Crippen LogP contribution in [0.2, 0.25) is 0 Å². The predicted octanol–water partition coefficient (Wildman–Crippen LogP) is 3.17. The number of benzene rings is 2. The first-order valence-corrected chi connectivity index (χ1v) is 13.4. The van der Waals surface area contributed by atoms with Gasteiger partial charge in [0, 0.05) is 73.5 Å². The SMILES string of the molecule is NCCc1c[nH]c2ccc(OCC(=O)N3CCN(c4ccc(-c5ccncc5)cc4)CC3)cc12.O=C(O)/C=C/C(=O)O. The zero-order chi connectivity index (χ0) is 29.9. The summed E-state index contributed by atoms with van der Waals surface area (Å²) in [5.74, 6) is -1.80. The van der Waals surface area contributed by atoms with Gasteiger partial charge in [-0.25, -0.2) is 9.59 Å². The molecule has 11 heteroatoms. The van der Waals surface area contributed by atoms with E-state index in [1.807, 2.05) is 41.4 Å². The zero-order valence-electron chi connectivity index (χ0n) is 23.0. The Kier molecular flexibility index (Phi) is 10.3. The maximum absolute atomic E-state index is 12.8. The largest absolute Gasteiger partial charge is 0.484 e. The maximum Gasteiger partial charge on any atom is 0.328 e. The first-order valence-electron chi connectivity index (χ1n) is 13.4. The number of fused-ring (bicyclic) bond motifs is 1. The summed E-state index contributed by atoms with van der Waals surface area (Å²) in [4.78, 5) is 43.4. The van der Waals surface area contributed by atoms with Gasteiger partial charge >= 0.3 is 11.9 Å². The molecular weight excluding hydrogens is 538 g/mol. The highest BCUT2D eigenvalue weighted by atomic mass is 16.5. The minimum absolute atomic E-state index is 0.0176. The van der Waals surface area contributed by atoms with Crippen LogP contribution in [0, 0.1) is 0 Å². The van der Waals surface area contributed by atoms with Gasteiger partial charge in [-0.15, -0.1) is 0 Å². The smallest absolute Gasteiger partial charge is 0.328 e. The van der Waals surface area contributed by atoms with E-state index in [1.165, 1.54) is 16.8 Å². The topological polar surface area (TPSA) is 162 Å². The van der Waals surface area contributed by atoms with Crippen molar-refractivity contribution in [3.8, 4) is 16.9 Å². The number of nitrogens with one attached hydrogen (secondary N) is 1. The molecule has 0 unspecified atom stereocenters. The molecule has 1 saturated heterocycles. The molecule has 4 aromatic rings. The van der Waals surface area contributed by atoms with Gasteiger partial charge in [0.05, 0.1) is 0 Å². The molecule has 1 amide bonds. The lowest BCUT2D eigenvalue weighted by atomic mass is 10.1. The normalized spacial score (nSPS) is 13.1. The average molecular weight is 572 g/mol. The number of aliphatic carboxylic acids is 2. The third-order valence-electron chi connectivity index (χ3n) is 6.76. The van der Waals surface area contributed by atoms with E-state index in [0.29, 0.717) is 37.5 Å². The van der Waals surface area contributed by atoms with Crippen LogP contribution in [-0.4, -0.2) is 82.3 Å². The van der Waals surface area contributed by atoms with Crippen molar-refractivity contribution in [2.24, 2.45) is 5.73 Å².